The van der Waals surface area contributed by atoms with Crippen molar-refractivity contribution in [2.45, 2.75) is 57.7 Å². The lowest BCUT2D eigenvalue weighted by molar-refractivity contribution is 0.0441. The molecule has 4 rings (SSSR count). The van der Waals surface area contributed by atoms with Crippen molar-refractivity contribution in [1.82, 2.24) is 24.4 Å². The number of nitrogens with zero attached hydrogens (tertiary/aromatic N) is 4. The summed E-state index contributed by atoms with van der Waals surface area (Å²) in [6.45, 7) is 6.09. The third kappa shape index (κ3) is 3.09. The highest BCUT2D eigenvalue weighted by Gasteiger charge is 2.40. The fraction of sp³-hybridized carbons (Fsp3) is 0.476. The summed E-state index contributed by atoms with van der Waals surface area (Å²) in [5.74, 6) is 2.00. The second-order valence-electron chi connectivity index (χ2n) is 8.01. The standard InChI is InChI=1S/C21H27N5O2/c1-12(2)20-23-15-6-5-14(11-16(15)24-20)21(28)25(4)17-7-8-18(19(17)27)26-10-9-22-13(26)3/h5-6,9-12,17-19,27H,7-8H2,1-4H3,(H,23,24)/t17-,18-,19-/m1/s1. The zero-order valence-corrected chi connectivity index (χ0v) is 16.8. The number of benzene rings is 1. The summed E-state index contributed by atoms with van der Waals surface area (Å²) >= 11 is 0. The molecule has 0 saturated heterocycles. The van der Waals surface area contributed by atoms with Crippen molar-refractivity contribution in [3.8, 4) is 0 Å². The molecule has 0 spiro atoms. The van der Waals surface area contributed by atoms with Gasteiger partial charge in [0.15, 0.2) is 0 Å². The van der Waals surface area contributed by atoms with E-state index in [4.69, 9.17) is 0 Å². The molecule has 1 aliphatic rings. The maximum absolute atomic E-state index is 13.1. The van der Waals surface area contributed by atoms with Gasteiger partial charge >= 0.3 is 0 Å². The molecule has 1 saturated carbocycles. The summed E-state index contributed by atoms with van der Waals surface area (Å²) in [6, 6.07) is 5.27. The Bertz CT molecular complexity index is 1010. The van der Waals surface area contributed by atoms with Crippen molar-refractivity contribution in [2.75, 3.05) is 7.05 Å². The third-order valence-corrected chi connectivity index (χ3v) is 5.88. The highest BCUT2D eigenvalue weighted by atomic mass is 16.3. The molecule has 1 amide bonds. The fourth-order valence-electron chi connectivity index (χ4n) is 4.19. The van der Waals surface area contributed by atoms with Crippen LogP contribution >= 0.6 is 0 Å². The largest absolute Gasteiger partial charge is 0.389 e. The number of aromatic amines is 1. The van der Waals surface area contributed by atoms with Crippen LogP contribution in [0.15, 0.2) is 30.6 Å². The van der Waals surface area contributed by atoms with E-state index in [-0.39, 0.29) is 18.0 Å². The molecule has 3 aromatic rings. The molecule has 2 N–H and O–H groups in total. The van der Waals surface area contributed by atoms with E-state index in [2.05, 4.69) is 28.8 Å². The number of hydrogen-bond acceptors (Lipinski definition) is 4. The van der Waals surface area contributed by atoms with E-state index in [1.54, 1.807) is 18.1 Å². The van der Waals surface area contributed by atoms with E-state index < -0.39 is 6.10 Å². The van der Waals surface area contributed by atoms with Crippen LogP contribution in [0.1, 0.15) is 60.7 Å². The zero-order chi connectivity index (χ0) is 20.0. The quantitative estimate of drug-likeness (QED) is 0.727. The number of hydrogen-bond donors (Lipinski definition) is 2. The first-order valence-electron chi connectivity index (χ1n) is 9.81. The first kappa shape index (κ1) is 18.7. The average molecular weight is 381 g/mol. The molecule has 7 nitrogen and oxygen atoms in total. The maximum atomic E-state index is 13.1. The van der Waals surface area contributed by atoms with Gasteiger partial charge in [0, 0.05) is 30.9 Å². The maximum Gasteiger partial charge on any atom is 0.254 e. The smallest absolute Gasteiger partial charge is 0.254 e. The van der Waals surface area contributed by atoms with Gasteiger partial charge in [-0.15, -0.1) is 0 Å². The monoisotopic (exact) mass is 381 g/mol. The number of fused-ring (bicyclic) bond motifs is 1. The number of aliphatic hydroxyl groups is 1. The molecule has 28 heavy (non-hydrogen) atoms. The Morgan fingerprint density at radius 2 is 2.14 bits per heavy atom. The molecule has 0 radical (unpaired) electrons. The van der Waals surface area contributed by atoms with Gasteiger partial charge in [-0.05, 0) is 38.0 Å². The van der Waals surface area contributed by atoms with Crippen molar-refractivity contribution in [2.24, 2.45) is 0 Å². The van der Waals surface area contributed by atoms with Crippen molar-refractivity contribution in [3.63, 3.8) is 0 Å². The van der Waals surface area contributed by atoms with Crippen LogP contribution in [0.4, 0.5) is 0 Å². The first-order valence-corrected chi connectivity index (χ1v) is 9.81. The van der Waals surface area contributed by atoms with Gasteiger partial charge in [0.1, 0.15) is 11.6 Å². The second kappa shape index (κ2) is 7.05. The van der Waals surface area contributed by atoms with E-state index >= 15 is 0 Å². The highest BCUT2D eigenvalue weighted by Crippen LogP contribution is 2.34. The number of carbonyl (C=O) groups excluding carboxylic acids is 1. The minimum atomic E-state index is -0.620. The van der Waals surface area contributed by atoms with Crippen LogP contribution in [0.2, 0.25) is 0 Å². The number of aromatic nitrogens is 4. The van der Waals surface area contributed by atoms with Crippen LogP contribution in [0, 0.1) is 6.92 Å². The Labute approximate surface area is 164 Å². The number of carbonyl (C=O) groups is 1. The average Bonchev–Trinajstić information content (AvgIpc) is 3.37. The van der Waals surface area contributed by atoms with Crippen molar-refractivity contribution < 1.29 is 9.90 Å². The van der Waals surface area contributed by atoms with Gasteiger partial charge in [0.05, 0.1) is 29.2 Å². The number of likely N-dealkylation sites (N-methyl/N-ethyl adjacent to an activating group) is 1. The van der Waals surface area contributed by atoms with Gasteiger partial charge in [-0.3, -0.25) is 4.79 Å². The SMILES string of the molecule is Cc1nccn1[C@@H]1CC[C@@H](N(C)C(=O)c2ccc3nc(C(C)C)[nH]c3c2)[C@H]1O. The number of H-pyrrole nitrogens is 1. The number of aryl methyl sites for hydroxylation is 1. The van der Waals surface area contributed by atoms with Crippen LogP contribution in [-0.4, -0.2) is 54.6 Å². The number of amides is 1. The summed E-state index contributed by atoms with van der Waals surface area (Å²) in [5, 5.41) is 10.9. The number of aliphatic hydroxyl groups excluding tert-OH is 1. The van der Waals surface area contributed by atoms with Gasteiger partial charge in [0.25, 0.3) is 5.91 Å². The van der Waals surface area contributed by atoms with Gasteiger partial charge in [-0.25, -0.2) is 9.97 Å². The predicted octanol–water partition coefficient (Wildman–Crippen LogP) is 3.03. The molecule has 1 fully saturated rings. The Kier molecular flexibility index (Phi) is 4.71. The number of nitrogens with one attached hydrogen (secondary N) is 1. The Balaban J connectivity index is 1.55. The van der Waals surface area contributed by atoms with Crippen LogP contribution in [0.25, 0.3) is 11.0 Å². The zero-order valence-electron chi connectivity index (χ0n) is 16.8. The van der Waals surface area contributed by atoms with E-state index in [1.807, 2.05) is 35.9 Å². The molecule has 0 aliphatic heterocycles. The summed E-state index contributed by atoms with van der Waals surface area (Å²) in [7, 11) is 1.77. The van der Waals surface area contributed by atoms with Gasteiger partial charge in [-0.1, -0.05) is 13.8 Å². The molecule has 1 aliphatic carbocycles. The Morgan fingerprint density at radius 3 is 2.82 bits per heavy atom. The van der Waals surface area contributed by atoms with Gasteiger partial charge < -0.3 is 19.6 Å². The molecular weight excluding hydrogens is 354 g/mol. The summed E-state index contributed by atoms with van der Waals surface area (Å²) in [6.07, 6.45) is 4.60. The van der Waals surface area contributed by atoms with E-state index in [9.17, 15) is 9.90 Å². The molecule has 2 aromatic heterocycles. The Morgan fingerprint density at radius 1 is 1.36 bits per heavy atom. The highest BCUT2D eigenvalue weighted by molar-refractivity contribution is 5.97. The molecule has 2 heterocycles. The van der Waals surface area contributed by atoms with Crippen molar-refractivity contribution in [1.29, 1.82) is 0 Å². The minimum Gasteiger partial charge on any atom is -0.389 e. The summed E-state index contributed by atoms with van der Waals surface area (Å²) in [5.41, 5.74) is 2.32. The predicted molar refractivity (Wildman–Crippen MR) is 107 cm³/mol. The normalized spacial score (nSPS) is 22.3. The van der Waals surface area contributed by atoms with E-state index in [0.29, 0.717) is 11.5 Å². The first-order chi connectivity index (χ1) is 13.4. The summed E-state index contributed by atoms with van der Waals surface area (Å²) in [4.78, 5) is 26.9. The van der Waals surface area contributed by atoms with Gasteiger partial charge in [-0.2, -0.15) is 0 Å². The molecule has 3 atom stereocenters. The Hall–Kier alpha value is -2.67. The number of imidazole rings is 2. The van der Waals surface area contributed by atoms with Crippen LogP contribution in [-0.2, 0) is 0 Å². The van der Waals surface area contributed by atoms with E-state index in [1.165, 1.54) is 0 Å². The molecule has 1 aromatic carbocycles. The van der Waals surface area contributed by atoms with Crippen molar-refractivity contribution >= 4 is 16.9 Å². The third-order valence-electron chi connectivity index (χ3n) is 5.88. The van der Waals surface area contributed by atoms with Crippen LogP contribution in [0.5, 0.6) is 0 Å². The molecule has 148 valence electrons. The lowest BCUT2D eigenvalue weighted by Crippen LogP contribution is -2.43. The van der Waals surface area contributed by atoms with E-state index in [0.717, 1.165) is 35.5 Å². The van der Waals surface area contributed by atoms with Crippen LogP contribution < -0.4 is 0 Å². The number of rotatable bonds is 4. The lowest BCUT2D eigenvalue weighted by Gasteiger charge is -2.29. The molecular formula is C21H27N5O2. The van der Waals surface area contributed by atoms with Crippen molar-refractivity contribution in [3.05, 3.63) is 47.8 Å². The van der Waals surface area contributed by atoms with Gasteiger partial charge in [0.2, 0.25) is 0 Å². The molecule has 0 unspecified atom stereocenters. The van der Waals surface area contributed by atoms with Crippen LogP contribution in [0.3, 0.4) is 0 Å². The second-order valence-corrected chi connectivity index (χ2v) is 8.01. The fourth-order valence-corrected chi connectivity index (χ4v) is 4.19. The topological polar surface area (TPSA) is 87.0 Å². The minimum absolute atomic E-state index is 0.0496. The summed E-state index contributed by atoms with van der Waals surface area (Å²) < 4.78 is 2.01. The lowest BCUT2D eigenvalue weighted by atomic mass is 10.1. The molecule has 0 bridgehead atoms. The molecule has 7 heteroatoms.